The predicted octanol–water partition coefficient (Wildman–Crippen LogP) is 1.66. The van der Waals surface area contributed by atoms with E-state index in [1.807, 2.05) is 12.1 Å². The van der Waals surface area contributed by atoms with Gasteiger partial charge in [-0.05, 0) is 63.6 Å². The lowest BCUT2D eigenvalue weighted by Gasteiger charge is -2.11. The molecule has 1 rings (SSSR count). The van der Waals surface area contributed by atoms with Crippen LogP contribution in [0.25, 0.3) is 0 Å². The Morgan fingerprint density at radius 2 is 2.12 bits per heavy atom. The Labute approximate surface area is 115 Å². The highest BCUT2D eigenvalue weighted by atomic mass is 127. The number of rotatable bonds is 3. The van der Waals surface area contributed by atoms with E-state index in [-0.39, 0.29) is 5.91 Å². The Kier molecular flexibility index (Phi) is 4.72. The number of carbonyl (C=O) groups excluding carboxylic acids is 2. The highest BCUT2D eigenvalue weighted by Gasteiger charge is 2.15. The molecule has 1 aromatic carbocycles. The van der Waals surface area contributed by atoms with E-state index in [2.05, 4.69) is 43.8 Å². The van der Waals surface area contributed by atoms with Gasteiger partial charge in [0.25, 0.3) is 5.91 Å². The van der Waals surface area contributed by atoms with Gasteiger partial charge in [-0.1, -0.05) is 0 Å². The summed E-state index contributed by atoms with van der Waals surface area (Å²) in [6.07, 6.45) is 0. The summed E-state index contributed by atoms with van der Waals surface area (Å²) in [7, 11) is 0. The van der Waals surface area contributed by atoms with E-state index in [4.69, 9.17) is 5.73 Å². The number of hydrogen-bond donors (Lipinski definition) is 2. The highest BCUT2D eigenvalue weighted by molar-refractivity contribution is 14.1. The van der Waals surface area contributed by atoms with Gasteiger partial charge in [0.2, 0.25) is 5.91 Å². The summed E-state index contributed by atoms with van der Waals surface area (Å²) in [5.74, 6) is -0.885. The Hall–Kier alpha value is -0.630. The SMILES string of the molecule is CC(NC(=O)c1ccc(I)cc1Br)C(N)=O. The number of primary amides is 1. The van der Waals surface area contributed by atoms with Crippen molar-refractivity contribution in [2.45, 2.75) is 13.0 Å². The number of benzene rings is 1. The number of hydrogen-bond acceptors (Lipinski definition) is 2. The van der Waals surface area contributed by atoms with E-state index in [0.717, 1.165) is 3.57 Å². The first-order valence-corrected chi connectivity index (χ1v) is 6.34. The summed E-state index contributed by atoms with van der Waals surface area (Å²) >= 11 is 5.44. The van der Waals surface area contributed by atoms with Gasteiger partial charge in [0.05, 0.1) is 5.56 Å². The third-order valence-corrected chi connectivity index (χ3v) is 3.28. The molecular weight excluding hydrogens is 387 g/mol. The molecule has 0 saturated heterocycles. The predicted molar refractivity (Wildman–Crippen MR) is 73.0 cm³/mol. The molecule has 0 spiro atoms. The van der Waals surface area contributed by atoms with Crippen LogP contribution in [0.2, 0.25) is 0 Å². The summed E-state index contributed by atoms with van der Waals surface area (Å²) in [4.78, 5) is 22.5. The molecule has 0 aliphatic rings. The van der Waals surface area contributed by atoms with Crippen LogP contribution >= 0.6 is 38.5 Å². The lowest BCUT2D eigenvalue weighted by Crippen LogP contribution is -2.42. The van der Waals surface area contributed by atoms with E-state index in [0.29, 0.717) is 10.0 Å². The maximum Gasteiger partial charge on any atom is 0.253 e. The van der Waals surface area contributed by atoms with Crippen molar-refractivity contribution in [3.05, 3.63) is 31.8 Å². The lowest BCUT2D eigenvalue weighted by molar-refractivity contribution is -0.119. The largest absolute Gasteiger partial charge is 0.368 e. The molecule has 0 heterocycles. The maximum atomic E-state index is 11.7. The van der Waals surface area contributed by atoms with Crippen LogP contribution in [0.3, 0.4) is 0 Å². The molecule has 0 aliphatic carbocycles. The van der Waals surface area contributed by atoms with Crippen molar-refractivity contribution in [1.82, 2.24) is 5.32 Å². The van der Waals surface area contributed by atoms with Crippen LogP contribution in [-0.4, -0.2) is 17.9 Å². The third-order valence-electron chi connectivity index (χ3n) is 1.95. The number of amides is 2. The summed E-state index contributed by atoms with van der Waals surface area (Å²) in [6.45, 7) is 1.54. The molecule has 0 bridgehead atoms. The topological polar surface area (TPSA) is 72.2 Å². The number of nitrogens with one attached hydrogen (secondary N) is 1. The molecule has 0 fully saturated rings. The van der Waals surface area contributed by atoms with Crippen LogP contribution in [0.4, 0.5) is 0 Å². The molecule has 2 amide bonds. The van der Waals surface area contributed by atoms with Crippen LogP contribution in [0.1, 0.15) is 17.3 Å². The molecule has 0 aliphatic heterocycles. The number of carbonyl (C=O) groups is 2. The van der Waals surface area contributed by atoms with Crippen LogP contribution < -0.4 is 11.1 Å². The average molecular weight is 397 g/mol. The molecular formula is C10H10BrIN2O2. The molecule has 16 heavy (non-hydrogen) atoms. The van der Waals surface area contributed by atoms with Crippen molar-refractivity contribution in [1.29, 1.82) is 0 Å². The number of halogens is 2. The van der Waals surface area contributed by atoms with Gasteiger partial charge in [-0.2, -0.15) is 0 Å². The van der Waals surface area contributed by atoms with E-state index in [9.17, 15) is 9.59 Å². The van der Waals surface area contributed by atoms with Crippen molar-refractivity contribution in [2.75, 3.05) is 0 Å². The Balaban J connectivity index is 2.85. The Morgan fingerprint density at radius 1 is 1.50 bits per heavy atom. The summed E-state index contributed by atoms with van der Waals surface area (Å²) in [6, 6.07) is 4.65. The fourth-order valence-corrected chi connectivity index (χ4v) is 2.50. The second-order valence-corrected chi connectivity index (χ2v) is 5.32. The average Bonchev–Trinajstić information content (AvgIpc) is 2.16. The van der Waals surface area contributed by atoms with Crippen molar-refractivity contribution in [3.8, 4) is 0 Å². The van der Waals surface area contributed by atoms with Gasteiger partial charge in [-0.3, -0.25) is 9.59 Å². The van der Waals surface area contributed by atoms with Gasteiger partial charge in [0.15, 0.2) is 0 Å². The minimum atomic E-state index is -0.682. The molecule has 3 N–H and O–H groups in total. The fourth-order valence-electron chi connectivity index (χ4n) is 1.02. The van der Waals surface area contributed by atoms with E-state index in [1.54, 1.807) is 13.0 Å². The van der Waals surface area contributed by atoms with Gasteiger partial charge in [0.1, 0.15) is 6.04 Å². The first kappa shape index (κ1) is 13.4. The van der Waals surface area contributed by atoms with Crippen molar-refractivity contribution in [3.63, 3.8) is 0 Å². The van der Waals surface area contributed by atoms with Crippen LogP contribution in [0.5, 0.6) is 0 Å². The maximum absolute atomic E-state index is 11.7. The zero-order valence-corrected chi connectivity index (χ0v) is 12.2. The van der Waals surface area contributed by atoms with Gasteiger partial charge in [-0.15, -0.1) is 0 Å². The molecule has 0 saturated carbocycles. The highest BCUT2D eigenvalue weighted by Crippen LogP contribution is 2.19. The molecule has 0 aromatic heterocycles. The van der Waals surface area contributed by atoms with Crippen molar-refractivity contribution < 1.29 is 9.59 Å². The molecule has 1 unspecified atom stereocenters. The quantitative estimate of drug-likeness (QED) is 0.762. The van der Waals surface area contributed by atoms with Crippen LogP contribution in [0.15, 0.2) is 22.7 Å². The lowest BCUT2D eigenvalue weighted by atomic mass is 10.2. The second-order valence-electron chi connectivity index (χ2n) is 3.22. The smallest absolute Gasteiger partial charge is 0.253 e. The van der Waals surface area contributed by atoms with Gasteiger partial charge in [0, 0.05) is 8.04 Å². The minimum absolute atomic E-state index is 0.324. The van der Waals surface area contributed by atoms with Gasteiger partial charge >= 0.3 is 0 Å². The van der Waals surface area contributed by atoms with Crippen molar-refractivity contribution in [2.24, 2.45) is 5.73 Å². The standard InChI is InChI=1S/C10H10BrIN2O2/c1-5(9(13)15)14-10(16)7-3-2-6(12)4-8(7)11/h2-5H,1H3,(H2,13,15)(H,14,16). The third kappa shape index (κ3) is 3.44. The first-order chi connectivity index (χ1) is 7.41. The second kappa shape index (κ2) is 5.62. The normalized spacial score (nSPS) is 11.9. The first-order valence-electron chi connectivity index (χ1n) is 4.47. The molecule has 4 nitrogen and oxygen atoms in total. The summed E-state index contributed by atoms with van der Waals surface area (Å²) < 4.78 is 1.71. The Bertz CT molecular complexity index is 437. The summed E-state index contributed by atoms with van der Waals surface area (Å²) in [5.41, 5.74) is 5.54. The monoisotopic (exact) mass is 396 g/mol. The summed E-state index contributed by atoms with van der Waals surface area (Å²) in [5, 5.41) is 2.51. The van der Waals surface area contributed by atoms with E-state index in [1.165, 1.54) is 0 Å². The zero-order valence-electron chi connectivity index (χ0n) is 8.46. The van der Waals surface area contributed by atoms with Gasteiger partial charge < -0.3 is 11.1 Å². The van der Waals surface area contributed by atoms with Crippen LogP contribution in [-0.2, 0) is 4.79 Å². The molecule has 1 atom stereocenters. The molecule has 0 radical (unpaired) electrons. The number of nitrogens with two attached hydrogens (primary N) is 1. The zero-order chi connectivity index (χ0) is 12.3. The van der Waals surface area contributed by atoms with Crippen molar-refractivity contribution >= 4 is 50.3 Å². The van der Waals surface area contributed by atoms with Crippen LogP contribution in [0, 0.1) is 3.57 Å². The molecule has 1 aromatic rings. The van der Waals surface area contributed by atoms with E-state index >= 15 is 0 Å². The van der Waals surface area contributed by atoms with Gasteiger partial charge in [-0.25, -0.2) is 0 Å². The molecule has 6 heteroatoms. The molecule has 86 valence electrons. The minimum Gasteiger partial charge on any atom is -0.368 e. The van der Waals surface area contributed by atoms with E-state index < -0.39 is 11.9 Å². The Morgan fingerprint density at radius 3 is 2.62 bits per heavy atom. The fraction of sp³-hybridized carbons (Fsp3) is 0.200.